The van der Waals surface area contributed by atoms with E-state index in [1.54, 1.807) is 27.7 Å². The number of amides is 2. The highest BCUT2D eigenvalue weighted by molar-refractivity contribution is 5.81. The van der Waals surface area contributed by atoms with Crippen LogP contribution in [0.25, 0.3) is 0 Å². The molecule has 0 bridgehead atoms. The molecule has 0 aliphatic heterocycles. The Hall–Kier alpha value is -1.79. The lowest BCUT2D eigenvalue weighted by Crippen LogP contribution is -2.50. The van der Waals surface area contributed by atoms with Crippen molar-refractivity contribution >= 4 is 18.0 Å². The van der Waals surface area contributed by atoms with Gasteiger partial charge in [-0.3, -0.25) is 4.79 Å². The lowest BCUT2D eigenvalue weighted by Gasteiger charge is -2.25. The summed E-state index contributed by atoms with van der Waals surface area (Å²) in [5.74, 6) is -1.47. The molecule has 2 N–H and O–H groups in total. The standard InChI is InChI=1S/C12H22N2O5/c1-6-14(8(2)15)7-9(10(16)17)13-11(18)19-12(3,4)5/h9H,6-7H2,1-5H3,(H,13,18)(H,16,17). The van der Waals surface area contributed by atoms with Crippen molar-refractivity contribution < 1.29 is 24.2 Å². The Bertz CT molecular complexity index is 349. The van der Waals surface area contributed by atoms with Gasteiger partial charge in [-0.15, -0.1) is 0 Å². The lowest BCUT2D eigenvalue weighted by molar-refractivity contribution is -0.141. The van der Waals surface area contributed by atoms with Gasteiger partial charge in [-0.2, -0.15) is 0 Å². The summed E-state index contributed by atoms with van der Waals surface area (Å²) in [6.45, 7) is 8.38. The van der Waals surface area contributed by atoms with E-state index in [1.165, 1.54) is 11.8 Å². The van der Waals surface area contributed by atoms with E-state index in [9.17, 15) is 14.4 Å². The summed E-state index contributed by atoms with van der Waals surface area (Å²) in [5.41, 5.74) is -0.710. The molecule has 1 unspecified atom stereocenters. The normalized spacial score (nSPS) is 12.5. The number of carbonyl (C=O) groups is 3. The number of alkyl carbamates (subject to hydrolysis) is 1. The van der Waals surface area contributed by atoms with Crippen LogP contribution >= 0.6 is 0 Å². The smallest absolute Gasteiger partial charge is 0.408 e. The average molecular weight is 274 g/mol. The number of ether oxygens (including phenoxy) is 1. The molecule has 0 saturated carbocycles. The molecule has 7 heteroatoms. The number of likely N-dealkylation sites (N-methyl/N-ethyl adjacent to an activating group) is 1. The molecule has 0 aromatic carbocycles. The van der Waals surface area contributed by atoms with E-state index in [2.05, 4.69) is 5.32 Å². The molecule has 0 aliphatic carbocycles. The minimum Gasteiger partial charge on any atom is -0.480 e. The van der Waals surface area contributed by atoms with Crippen LogP contribution < -0.4 is 5.32 Å². The summed E-state index contributed by atoms with van der Waals surface area (Å²) in [5, 5.41) is 11.3. The van der Waals surface area contributed by atoms with Crippen LogP contribution in [0.5, 0.6) is 0 Å². The van der Waals surface area contributed by atoms with Gasteiger partial charge in [0.2, 0.25) is 5.91 Å². The van der Waals surface area contributed by atoms with E-state index >= 15 is 0 Å². The summed E-state index contributed by atoms with van der Waals surface area (Å²) in [6.07, 6.45) is -0.820. The van der Waals surface area contributed by atoms with Gasteiger partial charge in [0.05, 0.1) is 6.54 Å². The van der Waals surface area contributed by atoms with Crippen LogP contribution in [0.4, 0.5) is 4.79 Å². The van der Waals surface area contributed by atoms with Crippen molar-refractivity contribution in [2.75, 3.05) is 13.1 Å². The van der Waals surface area contributed by atoms with Crippen molar-refractivity contribution in [1.82, 2.24) is 10.2 Å². The first-order valence-corrected chi connectivity index (χ1v) is 6.04. The number of nitrogens with one attached hydrogen (secondary N) is 1. The first-order chi connectivity index (χ1) is 8.56. The summed E-state index contributed by atoms with van der Waals surface area (Å²) >= 11 is 0. The number of hydrogen-bond acceptors (Lipinski definition) is 4. The number of hydrogen-bond donors (Lipinski definition) is 2. The first kappa shape index (κ1) is 17.2. The second kappa shape index (κ2) is 6.96. The molecule has 0 saturated heterocycles. The summed E-state index contributed by atoms with van der Waals surface area (Å²) in [6, 6.07) is -1.20. The Balaban J connectivity index is 4.63. The molecule has 0 aliphatic rings. The highest BCUT2D eigenvalue weighted by atomic mass is 16.6. The predicted octanol–water partition coefficient (Wildman–Crippen LogP) is 0.833. The van der Waals surface area contributed by atoms with Crippen LogP contribution in [0.3, 0.4) is 0 Å². The van der Waals surface area contributed by atoms with Crippen LogP contribution in [0.1, 0.15) is 34.6 Å². The van der Waals surface area contributed by atoms with Crippen molar-refractivity contribution in [3.63, 3.8) is 0 Å². The second-order valence-electron chi connectivity index (χ2n) is 5.09. The predicted molar refractivity (Wildman–Crippen MR) is 68.7 cm³/mol. The zero-order chi connectivity index (χ0) is 15.2. The molecule has 0 aromatic heterocycles. The Morgan fingerprint density at radius 1 is 1.32 bits per heavy atom. The zero-order valence-corrected chi connectivity index (χ0v) is 12.0. The molecule has 110 valence electrons. The Kier molecular flexibility index (Phi) is 6.31. The van der Waals surface area contributed by atoms with Gasteiger partial charge in [0.1, 0.15) is 11.6 Å². The van der Waals surface area contributed by atoms with Gasteiger partial charge in [0, 0.05) is 13.5 Å². The highest BCUT2D eigenvalue weighted by Gasteiger charge is 2.26. The maximum absolute atomic E-state index is 11.5. The topological polar surface area (TPSA) is 95.9 Å². The maximum atomic E-state index is 11.5. The molecule has 0 aromatic rings. The van der Waals surface area contributed by atoms with Crippen molar-refractivity contribution in [1.29, 1.82) is 0 Å². The number of nitrogens with zero attached hydrogens (tertiary/aromatic N) is 1. The van der Waals surface area contributed by atoms with Crippen LogP contribution in [0.15, 0.2) is 0 Å². The molecular formula is C12H22N2O5. The fourth-order valence-electron chi connectivity index (χ4n) is 1.34. The average Bonchev–Trinajstić information content (AvgIpc) is 2.20. The van der Waals surface area contributed by atoms with Gasteiger partial charge in [0.15, 0.2) is 0 Å². The maximum Gasteiger partial charge on any atom is 0.408 e. The Morgan fingerprint density at radius 3 is 2.16 bits per heavy atom. The third kappa shape index (κ3) is 7.28. The van der Waals surface area contributed by atoms with E-state index in [0.29, 0.717) is 6.54 Å². The van der Waals surface area contributed by atoms with Crippen LogP contribution in [-0.4, -0.2) is 52.7 Å². The third-order valence-corrected chi connectivity index (χ3v) is 2.22. The minimum atomic E-state index is -1.22. The van der Waals surface area contributed by atoms with E-state index in [0.717, 1.165) is 0 Å². The molecule has 0 heterocycles. The van der Waals surface area contributed by atoms with Crippen molar-refractivity contribution in [2.45, 2.75) is 46.3 Å². The fraction of sp³-hybridized carbons (Fsp3) is 0.750. The second-order valence-corrected chi connectivity index (χ2v) is 5.09. The quantitative estimate of drug-likeness (QED) is 0.774. The van der Waals surface area contributed by atoms with Crippen LogP contribution in [-0.2, 0) is 14.3 Å². The molecule has 0 rings (SSSR count). The Labute approximate surface area is 112 Å². The molecule has 2 amide bonds. The van der Waals surface area contributed by atoms with E-state index < -0.39 is 23.7 Å². The third-order valence-electron chi connectivity index (χ3n) is 2.22. The number of carboxylic acid groups (broad SMARTS) is 1. The van der Waals surface area contributed by atoms with Gasteiger partial charge >= 0.3 is 12.1 Å². The van der Waals surface area contributed by atoms with Crippen molar-refractivity contribution in [2.24, 2.45) is 0 Å². The van der Waals surface area contributed by atoms with Crippen LogP contribution in [0.2, 0.25) is 0 Å². The summed E-state index contributed by atoms with van der Waals surface area (Å²) in [7, 11) is 0. The van der Waals surface area contributed by atoms with Gasteiger partial charge in [-0.25, -0.2) is 9.59 Å². The van der Waals surface area contributed by atoms with Crippen LogP contribution in [0, 0.1) is 0 Å². The number of carbonyl (C=O) groups excluding carboxylic acids is 2. The summed E-state index contributed by atoms with van der Waals surface area (Å²) < 4.78 is 4.98. The molecule has 1 atom stereocenters. The highest BCUT2D eigenvalue weighted by Crippen LogP contribution is 2.07. The SMILES string of the molecule is CCN(CC(NC(=O)OC(C)(C)C)C(=O)O)C(C)=O. The van der Waals surface area contributed by atoms with Gasteiger partial charge < -0.3 is 20.1 Å². The minimum absolute atomic E-state index is 0.0968. The Morgan fingerprint density at radius 2 is 1.84 bits per heavy atom. The lowest BCUT2D eigenvalue weighted by atomic mass is 10.2. The molecule has 7 nitrogen and oxygen atoms in total. The largest absolute Gasteiger partial charge is 0.480 e. The molecule has 0 spiro atoms. The van der Waals surface area contributed by atoms with Gasteiger partial charge in [0.25, 0.3) is 0 Å². The van der Waals surface area contributed by atoms with E-state index in [1.807, 2.05) is 0 Å². The molecule has 0 fully saturated rings. The van der Waals surface area contributed by atoms with Gasteiger partial charge in [-0.05, 0) is 27.7 Å². The zero-order valence-electron chi connectivity index (χ0n) is 12.0. The monoisotopic (exact) mass is 274 g/mol. The number of aliphatic carboxylic acids is 1. The van der Waals surface area contributed by atoms with Gasteiger partial charge in [-0.1, -0.05) is 0 Å². The summed E-state index contributed by atoms with van der Waals surface area (Å²) in [4.78, 5) is 35.1. The first-order valence-electron chi connectivity index (χ1n) is 6.04. The fourth-order valence-corrected chi connectivity index (χ4v) is 1.34. The molecule has 19 heavy (non-hydrogen) atoms. The molecule has 0 radical (unpaired) electrons. The van der Waals surface area contributed by atoms with E-state index in [-0.39, 0.29) is 12.5 Å². The van der Waals surface area contributed by atoms with Crippen molar-refractivity contribution in [3.8, 4) is 0 Å². The number of carboxylic acids is 1. The van der Waals surface area contributed by atoms with E-state index in [4.69, 9.17) is 9.84 Å². The number of rotatable bonds is 5. The molecular weight excluding hydrogens is 252 g/mol. The van der Waals surface area contributed by atoms with Crippen molar-refractivity contribution in [3.05, 3.63) is 0 Å².